The summed E-state index contributed by atoms with van der Waals surface area (Å²) in [5, 5.41) is 15.7. The summed E-state index contributed by atoms with van der Waals surface area (Å²) >= 11 is 1.28. The van der Waals surface area contributed by atoms with E-state index in [0.717, 1.165) is 11.4 Å². The Balaban J connectivity index is 2.01. The molecule has 0 bridgehead atoms. The maximum absolute atomic E-state index is 12.3. The first-order chi connectivity index (χ1) is 11.1. The zero-order valence-electron chi connectivity index (χ0n) is 12.9. The van der Waals surface area contributed by atoms with Crippen LogP contribution in [0.5, 0.6) is 0 Å². The number of carboxylic acids is 1. The highest BCUT2D eigenvalue weighted by molar-refractivity contribution is 7.99. The number of amides is 1. The molecule has 122 valence electrons. The number of carbonyl (C=O) groups is 2. The highest BCUT2D eigenvalue weighted by Crippen LogP contribution is 2.15. The molecule has 0 fully saturated rings. The van der Waals surface area contributed by atoms with Crippen LogP contribution >= 0.6 is 11.8 Å². The number of nitrogens with one attached hydrogen (secondary N) is 1. The van der Waals surface area contributed by atoms with Gasteiger partial charge in [-0.05, 0) is 18.6 Å². The minimum absolute atomic E-state index is 0.0437. The van der Waals surface area contributed by atoms with Crippen molar-refractivity contribution in [2.24, 2.45) is 0 Å². The van der Waals surface area contributed by atoms with Gasteiger partial charge in [0.25, 0.3) is 5.91 Å². The summed E-state index contributed by atoms with van der Waals surface area (Å²) in [6, 6.07) is 9.67. The van der Waals surface area contributed by atoms with Gasteiger partial charge in [-0.1, -0.05) is 25.1 Å². The van der Waals surface area contributed by atoms with Gasteiger partial charge >= 0.3 is 5.97 Å². The van der Waals surface area contributed by atoms with Crippen molar-refractivity contribution in [3.05, 3.63) is 47.8 Å². The Morgan fingerprint density at radius 1 is 1.30 bits per heavy atom. The van der Waals surface area contributed by atoms with E-state index in [1.54, 1.807) is 10.9 Å². The summed E-state index contributed by atoms with van der Waals surface area (Å²) in [7, 11) is 0. The van der Waals surface area contributed by atoms with Gasteiger partial charge in [0.05, 0.1) is 28.9 Å². The van der Waals surface area contributed by atoms with E-state index in [-0.39, 0.29) is 11.7 Å². The van der Waals surface area contributed by atoms with Crippen molar-refractivity contribution in [3.8, 4) is 5.69 Å². The Kier molecular flexibility index (Phi) is 6.22. The highest BCUT2D eigenvalue weighted by atomic mass is 32.2. The minimum atomic E-state index is -0.848. The normalized spacial score (nSPS) is 10.5. The number of hydrogen-bond donors (Lipinski definition) is 2. The standard InChI is InChI=1S/C16H19N3O3S/c1-2-14-13(16(22)17-8-9-23-11-15(20)21)10-18-19(14)12-6-4-3-5-7-12/h3-7,10H,2,8-9,11H2,1H3,(H,17,22)(H,20,21). The molecular formula is C16H19N3O3S. The summed E-state index contributed by atoms with van der Waals surface area (Å²) in [5.74, 6) is -0.423. The van der Waals surface area contributed by atoms with Gasteiger partial charge in [-0.2, -0.15) is 5.10 Å². The Labute approximate surface area is 138 Å². The smallest absolute Gasteiger partial charge is 0.313 e. The third kappa shape index (κ3) is 4.59. The van der Waals surface area contributed by atoms with Crippen molar-refractivity contribution in [2.45, 2.75) is 13.3 Å². The van der Waals surface area contributed by atoms with Crippen LogP contribution in [0.2, 0.25) is 0 Å². The Morgan fingerprint density at radius 3 is 2.70 bits per heavy atom. The molecule has 0 aliphatic rings. The average Bonchev–Trinajstić information content (AvgIpc) is 2.99. The Morgan fingerprint density at radius 2 is 2.04 bits per heavy atom. The van der Waals surface area contributed by atoms with Crippen molar-refractivity contribution in [1.82, 2.24) is 15.1 Å². The van der Waals surface area contributed by atoms with Gasteiger partial charge in [0.2, 0.25) is 0 Å². The van der Waals surface area contributed by atoms with Gasteiger partial charge in [-0.25, -0.2) is 4.68 Å². The fraction of sp³-hybridized carbons (Fsp3) is 0.312. The molecule has 7 heteroatoms. The second-order valence-corrected chi connectivity index (χ2v) is 5.91. The zero-order valence-corrected chi connectivity index (χ0v) is 13.7. The predicted octanol–water partition coefficient (Wildman–Crippen LogP) is 1.98. The van der Waals surface area contributed by atoms with E-state index in [2.05, 4.69) is 10.4 Å². The lowest BCUT2D eigenvalue weighted by Gasteiger charge is -2.08. The van der Waals surface area contributed by atoms with Crippen LogP contribution in [0.4, 0.5) is 0 Å². The number of aromatic nitrogens is 2. The lowest BCUT2D eigenvalue weighted by Crippen LogP contribution is -2.26. The zero-order chi connectivity index (χ0) is 16.7. The summed E-state index contributed by atoms with van der Waals surface area (Å²) in [4.78, 5) is 22.7. The molecule has 0 radical (unpaired) electrons. The number of rotatable bonds is 8. The van der Waals surface area contributed by atoms with Crippen molar-refractivity contribution < 1.29 is 14.7 Å². The first kappa shape index (κ1) is 17.1. The quantitative estimate of drug-likeness (QED) is 0.722. The molecule has 2 rings (SSSR count). The third-order valence-electron chi connectivity index (χ3n) is 3.21. The first-order valence-electron chi connectivity index (χ1n) is 7.33. The highest BCUT2D eigenvalue weighted by Gasteiger charge is 2.16. The van der Waals surface area contributed by atoms with Crippen LogP contribution in [0.15, 0.2) is 36.5 Å². The molecule has 0 saturated carbocycles. The molecule has 1 aromatic carbocycles. The fourth-order valence-electron chi connectivity index (χ4n) is 2.19. The molecule has 0 aliphatic heterocycles. The van der Waals surface area contributed by atoms with Gasteiger partial charge in [-0.15, -0.1) is 11.8 Å². The Bertz CT molecular complexity index is 670. The lowest BCUT2D eigenvalue weighted by molar-refractivity contribution is -0.133. The summed E-state index contributed by atoms with van der Waals surface area (Å²) in [6.45, 7) is 2.41. The first-order valence-corrected chi connectivity index (χ1v) is 8.49. The number of benzene rings is 1. The van der Waals surface area contributed by atoms with Crippen LogP contribution in [0.25, 0.3) is 5.69 Å². The monoisotopic (exact) mass is 333 g/mol. The Hall–Kier alpha value is -2.28. The van der Waals surface area contributed by atoms with E-state index >= 15 is 0 Å². The van der Waals surface area contributed by atoms with Crippen LogP contribution in [-0.2, 0) is 11.2 Å². The van der Waals surface area contributed by atoms with Crippen LogP contribution in [0.3, 0.4) is 0 Å². The van der Waals surface area contributed by atoms with E-state index in [1.165, 1.54) is 11.8 Å². The molecule has 2 N–H and O–H groups in total. The number of nitrogens with zero attached hydrogens (tertiary/aromatic N) is 2. The van der Waals surface area contributed by atoms with Gasteiger partial charge in [0.1, 0.15) is 0 Å². The predicted molar refractivity (Wildman–Crippen MR) is 90.2 cm³/mol. The molecule has 0 saturated heterocycles. The van der Waals surface area contributed by atoms with E-state index in [9.17, 15) is 9.59 Å². The van der Waals surface area contributed by atoms with Crippen molar-refractivity contribution in [1.29, 1.82) is 0 Å². The second kappa shape index (κ2) is 8.38. The van der Waals surface area contributed by atoms with E-state index < -0.39 is 5.97 Å². The van der Waals surface area contributed by atoms with Gasteiger partial charge in [0.15, 0.2) is 0 Å². The topological polar surface area (TPSA) is 84.2 Å². The molecule has 0 unspecified atom stereocenters. The maximum atomic E-state index is 12.3. The number of para-hydroxylation sites is 1. The van der Waals surface area contributed by atoms with Crippen LogP contribution < -0.4 is 5.32 Å². The number of carbonyl (C=O) groups excluding carboxylic acids is 1. The number of hydrogen-bond acceptors (Lipinski definition) is 4. The lowest BCUT2D eigenvalue weighted by atomic mass is 10.2. The van der Waals surface area contributed by atoms with E-state index in [0.29, 0.717) is 24.3 Å². The molecule has 1 heterocycles. The van der Waals surface area contributed by atoms with Crippen molar-refractivity contribution in [3.63, 3.8) is 0 Å². The van der Waals surface area contributed by atoms with Gasteiger partial charge in [-0.3, -0.25) is 9.59 Å². The number of aliphatic carboxylic acids is 1. The minimum Gasteiger partial charge on any atom is -0.481 e. The summed E-state index contributed by atoms with van der Waals surface area (Å²) < 4.78 is 1.77. The largest absolute Gasteiger partial charge is 0.481 e. The van der Waals surface area contributed by atoms with Crippen molar-refractivity contribution >= 4 is 23.6 Å². The van der Waals surface area contributed by atoms with Gasteiger partial charge < -0.3 is 10.4 Å². The number of carboxylic acid groups (broad SMARTS) is 1. The molecule has 0 aliphatic carbocycles. The molecule has 6 nitrogen and oxygen atoms in total. The molecule has 1 aromatic heterocycles. The van der Waals surface area contributed by atoms with E-state index in [1.807, 2.05) is 37.3 Å². The third-order valence-corrected chi connectivity index (χ3v) is 4.15. The fourth-order valence-corrected chi connectivity index (χ4v) is 2.75. The van der Waals surface area contributed by atoms with Crippen molar-refractivity contribution in [2.75, 3.05) is 18.1 Å². The average molecular weight is 333 g/mol. The molecule has 0 atom stereocenters. The molecular weight excluding hydrogens is 314 g/mol. The van der Waals surface area contributed by atoms with Crippen LogP contribution in [0, 0.1) is 0 Å². The molecule has 1 amide bonds. The maximum Gasteiger partial charge on any atom is 0.313 e. The van der Waals surface area contributed by atoms with Crippen LogP contribution in [0.1, 0.15) is 23.0 Å². The molecule has 0 spiro atoms. The SMILES string of the molecule is CCc1c(C(=O)NCCSCC(=O)O)cnn1-c1ccccc1. The van der Waals surface area contributed by atoms with Gasteiger partial charge in [0, 0.05) is 12.3 Å². The number of thioether (sulfide) groups is 1. The molecule has 23 heavy (non-hydrogen) atoms. The molecule has 2 aromatic rings. The summed E-state index contributed by atoms with van der Waals surface area (Å²) in [5.41, 5.74) is 2.33. The summed E-state index contributed by atoms with van der Waals surface area (Å²) in [6.07, 6.45) is 2.26. The second-order valence-electron chi connectivity index (χ2n) is 4.81. The van der Waals surface area contributed by atoms with Crippen LogP contribution in [-0.4, -0.2) is 44.8 Å². The van der Waals surface area contributed by atoms with E-state index in [4.69, 9.17) is 5.11 Å².